The quantitative estimate of drug-likeness (QED) is 0.595. The van der Waals surface area contributed by atoms with Crippen LogP contribution in [0.3, 0.4) is 0 Å². The normalized spacial score (nSPS) is 10.2. The minimum Gasteiger partial charge on any atom is -0.398 e. The van der Waals surface area contributed by atoms with Gasteiger partial charge in [0.1, 0.15) is 6.07 Å². The third-order valence-corrected chi connectivity index (χ3v) is 2.28. The molecule has 0 amide bonds. The molecule has 0 aliphatic carbocycles. The lowest BCUT2D eigenvalue weighted by Crippen LogP contribution is -1.89. The monoisotopic (exact) mass is 171 g/mol. The van der Waals surface area contributed by atoms with Gasteiger partial charge in [0.2, 0.25) is 0 Å². The van der Waals surface area contributed by atoms with Gasteiger partial charge in [-0.05, 0) is 24.6 Å². The number of benzene rings is 1. The van der Waals surface area contributed by atoms with E-state index in [0.29, 0.717) is 5.56 Å². The van der Waals surface area contributed by atoms with Crippen molar-refractivity contribution in [3.8, 4) is 6.07 Å². The van der Waals surface area contributed by atoms with Crippen LogP contribution in [0.15, 0.2) is 18.3 Å². The summed E-state index contributed by atoms with van der Waals surface area (Å²) in [5.74, 6) is 0. The number of nitrogens with one attached hydrogen (secondary N) is 1. The number of aryl methyl sites for hydroxylation is 1. The molecule has 0 aliphatic rings. The third kappa shape index (κ3) is 0.960. The van der Waals surface area contributed by atoms with Gasteiger partial charge in [0.25, 0.3) is 0 Å². The van der Waals surface area contributed by atoms with E-state index in [1.807, 2.05) is 19.1 Å². The molecule has 1 aromatic carbocycles. The van der Waals surface area contributed by atoms with E-state index in [2.05, 4.69) is 11.1 Å². The summed E-state index contributed by atoms with van der Waals surface area (Å²) >= 11 is 0. The first-order chi connectivity index (χ1) is 6.24. The molecule has 0 spiro atoms. The molecule has 3 nitrogen and oxygen atoms in total. The average Bonchev–Trinajstić information content (AvgIpc) is 2.55. The van der Waals surface area contributed by atoms with Crippen LogP contribution in [0.1, 0.15) is 11.1 Å². The van der Waals surface area contributed by atoms with Gasteiger partial charge in [0.05, 0.1) is 11.1 Å². The molecular formula is C10H9N3. The van der Waals surface area contributed by atoms with Gasteiger partial charge in [-0.25, -0.2) is 0 Å². The van der Waals surface area contributed by atoms with E-state index in [4.69, 9.17) is 11.0 Å². The highest BCUT2D eigenvalue weighted by Crippen LogP contribution is 2.24. The Morgan fingerprint density at radius 2 is 2.23 bits per heavy atom. The molecule has 0 atom stereocenters. The summed E-state index contributed by atoms with van der Waals surface area (Å²) in [6, 6.07) is 5.82. The summed E-state index contributed by atoms with van der Waals surface area (Å²) in [5.41, 5.74) is 9.10. The van der Waals surface area contributed by atoms with Crippen molar-refractivity contribution in [2.24, 2.45) is 0 Å². The van der Waals surface area contributed by atoms with E-state index < -0.39 is 0 Å². The Morgan fingerprint density at radius 3 is 2.92 bits per heavy atom. The van der Waals surface area contributed by atoms with Gasteiger partial charge in [0.15, 0.2) is 0 Å². The minimum absolute atomic E-state index is 0.665. The molecule has 0 fully saturated rings. The molecular weight excluding hydrogens is 162 g/mol. The first kappa shape index (κ1) is 7.69. The number of nitrogen functional groups attached to an aromatic ring is 1. The van der Waals surface area contributed by atoms with Crippen molar-refractivity contribution in [1.29, 1.82) is 5.26 Å². The standard InChI is InChI=1S/C10H9N3/c1-6-9(12)3-2-8-7(4-11)5-13-10(6)8/h2-3,5,13H,12H2,1H3. The highest BCUT2D eigenvalue weighted by Gasteiger charge is 2.06. The molecule has 1 heterocycles. The molecule has 13 heavy (non-hydrogen) atoms. The molecule has 3 heteroatoms. The fraction of sp³-hybridized carbons (Fsp3) is 0.100. The fourth-order valence-electron chi connectivity index (χ4n) is 1.45. The van der Waals surface area contributed by atoms with Crippen LogP contribution in [0.4, 0.5) is 5.69 Å². The van der Waals surface area contributed by atoms with Crippen molar-refractivity contribution in [2.75, 3.05) is 5.73 Å². The molecule has 0 saturated heterocycles. The van der Waals surface area contributed by atoms with E-state index in [9.17, 15) is 0 Å². The summed E-state index contributed by atoms with van der Waals surface area (Å²) in [6.45, 7) is 1.94. The number of nitrogens with two attached hydrogens (primary N) is 1. The average molecular weight is 171 g/mol. The molecule has 3 N–H and O–H groups in total. The van der Waals surface area contributed by atoms with Crippen LogP contribution in [0.5, 0.6) is 0 Å². The van der Waals surface area contributed by atoms with E-state index in [1.54, 1.807) is 6.20 Å². The first-order valence-corrected chi connectivity index (χ1v) is 4.00. The van der Waals surface area contributed by atoms with Crippen LogP contribution in [-0.4, -0.2) is 4.98 Å². The van der Waals surface area contributed by atoms with Crippen molar-refractivity contribution in [1.82, 2.24) is 4.98 Å². The SMILES string of the molecule is Cc1c(N)ccc2c(C#N)c[nH]c12. The molecule has 0 bridgehead atoms. The van der Waals surface area contributed by atoms with Crippen LogP contribution in [0, 0.1) is 18.3 Å². The maximum Gasteiger partial charge on any atom is 0.101 e. The van der Waals surface area contributed by atoms with Crippen molar-refractivity contribution in [3.05, 3.63) is 29.5 Å². The maximum absolute atomic E-state index is 8.78. The molecule has 2 aromatic rings. The van der Waals surface area contributed by atoms with Gasteiger partial charge in [-0.1, -0.05) is 0 Å². The van der Waals surface area contributed by atoms with Gasteiger partial charge >= 0.3 is 0 Å². The Bertz CT molecular complexity index is 503. The summed E-state index contributed by atoms with van der Waals surface area (Å²) < 4.78 is 0. The minimum atomic E-state index is 0.665. The lowest BCUT2D eigenvalue weighted by Gasteiger charge is -2.00. The van der Waals surface area contributed by atoms with Gasteiger partial charge < -0.3 is 10.7 Å². The van der Waals surface area contributed by atoms with Crippen molar-refractivity contribution >= 4 is 16.6 Å². The number of hydrogen-bond acceptors (Lipinski definition) is 2. The Labute approximate surface area is 75.8 Å². The Kier molecular flexibility index (Phi) is 1.49. The molecule has 0 aliphatic heterocycles. The second-order valence-corrected chi connectivity index (χ2v) is 3.02. The largest absolute Gasteiger partial charge is 0.398 e. The first-order valence-electron chi connectivity index (χ1n) is 4.00. The van der Waals surface area contributed by atoms with Crippen LogP contribution < -0.4 is 5.73 Å². The Hall–Kier alpha value is -1.95. The molecule has 1 aromatic heterocycles. The lowest BCUT2D eigenvalue weighted by atomic mass is 10.1. The number of hydrogen-bond donors (Lipinski definition) is 2. The Balaban J connectivity index is 2.91. The molecule has 0 radical (unpaired) electrons. The third-order valence-electron chi connectivity index (χ3n) is 2.28. The highest BCUT2D eigenvalue weighted by atomic mass is 14.7. The number of aromatic nitrogens is 1. The number of H-pyrrole nitrogens is 1. The van der Waals surface area contributed by atoms with Crippen LogP contribution in [0.25, 0.3) is 10.9 Å². The fourth-order valence-corrected chi connectivity index (χ4v) is 1.45. The predicted molar refractivity (Wildman–Crippen MR) is 52.2 cm³/mol. The summed E-state index contributed by atoms with van der Waals surface area (Å²) in [4.78, 5) is 3.05. The zero-order chi connectivity index (χ0) is 9.42. The van der Waals surface area contributed by atoms with E-state index in [0.717, 1.165) is 22.2 Å². The second kappa shape index (κ2) is 2.53. The van der Waals surface area contributed by atoms with Gasteiger partial charge in [0, 0.05) is 17.3 Å². The van der Waals surface area contributed by atoms with Crippen molar-refractivity contribution in [2.45, 2.75) is 6.92 Å². The molecule has 0 saturated carbocycles. The number of rotatable bonds is 0. The number of fused-ring (bicyclic) bond motifs is 1. The predicted octanol–water partition coefficient (Wildman–Crippen LogP) is 1.93. The van der Waals surface area contributed by atoms with Crippen LogP contribution in [-0.2, 0) is 0 Å². The highest BCUT2D eigenvalue weighted by molar-refractivity contribution is 5.91. The molecule has 0 unspecified atom stereocenters. The van der Waals surface area contributed by atoms with Gasteiger partial charge in [-0.2, -0.15) is 5.26 Å². The number of nitriles is 1. The van der Waals surface area contributed by atoms with Crippen LogP contribution in [0.2, 0.25) is 0 Å². The number of nitrogens with zero attached hydrogens (tertiary/aromatic N) is 1. The zero-order valence-electron chi connectivity index (χ0n) is 7.26. The van der Waals surface area contributed by atoms with E-state index >= 15 is 0 Å². The van der Waals surface area contributed by atoms with Crippen molar-refractivity contribution < 1.29 is 0 Å². The van der Waals surface area contributed by atoms with E-state index in [1.165, 1.54) is 0 Å². The van der Waals surface area contributed by atoms with Gasteiger partial charge in [-0.15, -0.1) is 0 Å². The molecule has 64 valence electrons. The lowest BCUT2D eigenvalue weighted by molar-refractivity contribution is 1.41. The maximum atomic E-state index is 8.78. The van der Waals surface area contributed by atoms with Gasteiger partial charge in [-0.3, -0.25) is 0 Å². The zero-order valence-corrected chi connectivity index (χ0v) is 7.26. The van der Waals surface area contributed by atoms with E-state index in [-0.39, 0.29) is 0 Å². The second-order valence-electron chi connectivity index (χ2n) is 3.02. The molecule has 2 rings (SSSR count). The topological polar surface area (TPSA) is 65.6 Å². The smallest absolute Gasteiger partial charge is 0.101 e. The Morgan fingerprint density at radius 1 is 1.46 bits per heavy atom. The summed E-state index contributed by atoms with van der Waals surface area (Å²) in [5, 5.41) is 9.72. The number of anilines is 1. The van der Waals surface area contributed by atoms with Crippen molar-refractivity contribution in [3.63, 3.8) is 0 Å². The number of aromatic amines is 1. The summed E-state index contributed by atoms with van der Waals surface area (Å²) in [6.07, 6.45) is 1.71. The summed E-state index contributed by atoms with van der Waals surface area (Å²) in [7, 11) is 0. The van der Waals surface area contributed by atoms with Crippen LogP contribution >= 0.6 is 0 Å².